The highest BCUT2D eigenvalue weighted by atomic mass is 16.5. The third kappa shape index (κ3) is 2.61. The van der Waals surface area contributed by atoms with Crippen LogP contribution in [0, 0.1) is 0 Å². The molecule has 1 aliphatic heterocycles. The third-order valence-corrected chi connectivity index (χ3v) is 3.81. The lowest BCUT2D eigenvalue weighted by molar-refractivity contribution is 0.0947. The zero-order chi connectivity index (χ0) is 13.1. The van der Waals surface area contributed by atoms with Gasteiger partial charge in [0.2, 0.25) is 0 Å². The first-order chi connectivity index (χ1) is 9.38. The molecule has 100 valence electrons. The van der Waals surface area contributed by atoms with Crippen LogP contribution in [0.25, 0.3) is 10.8 Å². The van der Waals surface area contributed by atoms with Crippen LogP contribution in [0.3, 0.4) is 0 Å². The Morgan fingerprint density at radius 1 is 1.42 bits per heavy atom. The number of pyridine rings is 1. The fourth-order valence-corrected chi connectivity index (χ4v) is 2.83. The topological polar surface area (TPSA) is 60.2 Å². The van der Waals surface area contributed by atoms with Crippen molar-refractivity contribution in [3.8, 4) is 0 Å². The smallest absolute Gasteiger partial charge is 0.0594 e. The lowest BCUT2D eigenvalue weighted by Gasteiger charge is -2.21. The summed E-state index contributed by atoms with van der Waals surface area (Å²) < 4.78 is 5.71. The quantitative estimate of drug-likeness (QED) is 0.652. The second-order valence-electron chi connectivity index (χ2n) is 5.03. The summed E-state index contributed by atoms with van der Waals surface area (Å²) in [5, 5.41) is 2.35. The molecular formula is C15H19N3O. The Labute approximate surface area is 112 Å². The molecule has 19 heavy (non-hydrogen) atoms. The maximum atomic E-state index is 5.75. The number of nitrogens with two attached hydrogens (primary N) is 1. The molecule has 0 amide bonds. The second-order valence-corrected chi connectivity index (χ2v) is 5.03. The molecule has 4 heteroatoms. The monoisotopic (exact) mass is 257 g/mol. The van der Waals surface area contributed by atoms with Crippen molar-refractivity contribution >= 4 is 10.8 Å². The predicted octanol–water partition coefficient (Wildman–Crippen LogP) is 2.31. The minimum atomic E-state index is 0.120. The van der Waals surface area contributed by atoms with Gasteiger partial charge in [0.1, 0.15) is 0 Å². The lowest BCUT2D eigenvalue weighted by Crippen LogP contribution is -2.31. The van der Waals surface area contributed by atoms with Gasteiger partial charge in [-0.15, -0.1) is 0 Å². The molecule has 1 aromatic heterocycles. The Kier molecular flexibility index (Phi) is 3.73. The van der Waals surface area contributed by atoms with Gasteiger partial charge in [-0.25, -0.2) is 0 Å². The highest BCUT2D eigenvalue weighted by molar-refractivity contribution is 5.85. The molecule has 1 aliphatic rings. The fourth-order valence-electron chi connectivity index (χ4n) is 2.83. The van der Waals surface area contributed by atoms with E-state index in [-0.39, 0.29) is 6.04 Å². The summed E-state index contributed by atoms with van der Waals surface area (Å²) in [5.41, 5.74) is 4.16. The molecule has 2 aromatic rings. The van der Waals surface area contributed by atoms with Gasteiger partial charge in [0, 0.05) is 30.4 Å². The molecule has 1 aromatic carbocycles. The van der Waals surface area contributed by atoms with E-state index in [1.165, 1.54) is 10.9 Å². The number of hydrogen-bond acceptors (Lipinski definition) is 4. The predicted molar refractivity (Wildman–Crippen MR) is 75.4 cm³/mol. The van der Waals surface area contributed by atoms with Crippen molar-refractivity contribution in [2.45, 2.75) is 31.4 Å². The van der Waals surface area contributed by atoms with Gasteiger partial charge in [0.25, 0.3) is 0 Å². The van der Waals surface area contributed by atoms with Crippen LogP contribution in [-0.2, 0) is 4.74 Å². The van der Waals surface area contributed by atoms with E-state index in [9.17, 15) is 0 Å². The molecule has 2 atom stereocenters. The largest absolute Gasteiger partial charge is 0.378 e. The van der Waals surface area contributed by atoms with Gasteiger partial charge in [0.05, 0.1) is 6.10 Å². The van der Waals surface area contributed by atoms with Crippen molar-refractivity contribution in [3.05, 3.63) is 42.2 Å². The van der Waals surface area contributed by atoms with E-state index in [1.54, 1.807) is 0 Å². The second kappa shape index (κ2) is 5.65. The van der Waals surface area contributed by atoms with E-state index in [1.807, 2.05) is 18.5 Å². The van der Waals surface area contributed by atoms with Gasteiger partial charge in [-0.1, -0.05) is 18.2 Å². The molecule has 4 nitrogen and oxygen atoms in total. The highest BCUT2D eigenvalue weighted by Crippen LogP contribution is 2.29. The number of fused-ring (bicyclic) bond motifs is 1. The number of hydrogen-bond donors (Lipinski definition) is 2. The zero-order valence-corrected chi connectivity index (χ0v) is 10.9. The molecule has 0 aliphatic carbocycles. The van der Waals surface area contributed by atoms with Crippen molar-refractivity contribution in [1.29, 1.82) is 0 Å². The molecule has 0 radical (unpaired) electrons. The summed E-state index contributed by atoms with van der Waals surface area (Å²) in [7, 11) is 0. The van der Waals surface area contributed by atoms with Crippen LogP contribution in [-0.4, -0.2) is 17.7 Å². The van der Waals surface area contributed by atoms with Gasteiger partial charge in [-0.05, 0) is 36.3 Å². The van der Waals surface area contributed by atoms with E-state index >= 15 is 0 Å². The van der Waals surface area contributed by atoms with E-state index in [2.05, 4.69) is 28.6 Å². The van der Waals surface area contributed by atoms with Crippen molar-refractivity contribution in [3.63, 3.8) is 0 Å². The Bertz CT molecular complexity index is 547. The Morgan fingerprint density at radius 2 is 2.37 bits per heavy atom. The standard InChI is InChI=1S/C15H19N3O/c16-18-15(9-12-4-2-8-19-12)14-5-1-3-11-10-17-7-6-13(11)14/h1,3,5-7,10,12,15,18H,2,4,8-9,16H2. The first-order valence-corrected chi connectivity index (χ1v) is 6.79. The van der Waals surface area contributed by atoms with E-state index in [4.69, 9.17) is 10.6 Å². The molecule has 0 saturated carbocycles. The van der Waals surface area contributed by atoms with Crippen LogP contribution in [0.2, 0.25) is 0 Å². The normalized spacial score (nSPS) is 20.8. The fraction of sp³-hybridized carbons (Fsp3) is 0.400. The SMILES string of the molecule is NNC(CC1CCCO1)c1cccc2cnccc12. The Hall–Kier alpha value is -1.49. The number of ether oxygens (including phenoxy) is 1. The van der Waals surface area contributed by atoms with Crippen molar-refractivity contribution in [2.75, 3.05) is 6.61 Å². The maximum absolute atomic E-state index is 5.75. The number of nitrogens with zero attached hydrogens (tertiary/aromatic N) is 1. The van der Waals surface area contributed by atoms with E-state index < -0.39 is 0 Å². The summed E-state index contributed by atoms with van der Waals surface area (Å²) in [4.78, 5) is 4.17. The summed E-state index contributed by atoms with van der Waals surface area (Å²) in [6.45, 7) is 0.876. The van der Waals surface area contributed by atoms with Gasteiger partial charge in [0.15, 0.2) is 0 Å². The van der Waals surface area contributed by atoms with Crippen molar-refractivity contribution in [2.24, 2.45) is 5.84 Å². The van der Waals surface area contributed by atoms with Gasteiger partial charge in [-0.3, -0.25) is 16.3 Å². The van der Waals surface area contributed by atoms with Crippen LogP contribution in [0.15, 0.2) is 36.7 Å². The van der Waals surface area contributed by atoms with Crippen molar-refractivity contribution in [1.82, 2.24) is 10.4 Å². The van der Waals surface area contributed by atoms with Crippen LogP contribution in [0.5, 0.6) is 0 Å². The first-order valence-electron chi connectivity index (χ1n) is 6.79. The summed E-state index contributed by atoms with van der Waals surface area (Å²) in [5.74, 6) is 5.75. The molecule has 1 saturated heterocycles. The number of aromatic nitrogens is 1. The zero-order valence-electron chi connectivity index (χ0n) is 10.9. The lowest BCUT2D eigenvalue weighted by atomic mass is 9.95. The Balaban J connectivity index is 1.91. The van der Waals surface area contributed by atoms with Crippen LogP contribution in [0.1, 0.15) is 30.9 Å². The van der Waals surface area contributed by atoms with Gasteiger partial charge >= 0.3 is 0 Å². The van der Waals surface area contributed by atoms with Crippen molar-refractivity contribution < 1.29 is 4.74 Å². The molecule has 0 spiro atoms. The number of benzene rings is 1. The summed E-state index contributed by atoms with van der Waals surface area (Å²) in [6, 6.07) is 8.42. The highest BCUT2D eigenvalue weighted by Gasteiger charge is 2.22. The third-order valence-electron chi connectivity index (χ3n) is 3.81. The molecular weight excluding hydrogens is 238 g/mol. The average Bonchev–Trinajstić information content (AvgIpc) is 2.97. The molecule has 2 heterocycles. The molecule has 0 bridgehead atoms. The minimum absolute atomic E-state index is 0.120. The molecule has 1 fully saturated rings. The first kappa shape index (κ1) is 12.5. The molecule has 3 rings (SSSR count). The van der Waals surface area contributed by atoms with E-state index in [0.717, 1.165) is 31.3 Å². The molecule has 2 unspecified atom stereocenters. The maximum Gasteiger partial charge on any atom is 0.0594 e. The van der Waals surface area contributed by atoms with E-state index in [0.29, 0.717) is 6.10 Å². The number of rotatable bonds is 4. The Morgan fingerprint density at radius 3 is 3.16 bits per heavy atom. The van der Waals surface area contributed by atoms with Gasteiger partial charge < -0.3 is 4.74 Å². The summed E-state index contributed by atoms with van der Waals surface area (Å²) in [6.07, 6.45) is 7.23. The summed E-state index contributed by atoms with van der Waals surface area (Å²) >= 11 is 0. The van der Waals surface area contributed by atoms with Crippen LogP contribution >= 0.6 is 0 Å². The number of hydrazine groups is 1. The minimum Gasteiger partial charge on any atom is -0.378 e. The van der Waals surface area contributed by atoms with Crippen LogP contribution in [0.4, 0.5) is 0 Å². The van der Waals surface area contributed by atoms with Gasteiger partial charge in [-0.2, -0.15) is 0 Å². The molecule has 3 N–H and O–H groups in total. The average molecular weight is 257 g/mol. The van der Waals surface area contributed by atoms with Crippen LogP contribution < -0.4 is 11.3 Å². The number of nitrogens with one attached hydrogen (secondary N) is 1.